The normalized spacial score (nSPS) is 14.9. The lowest BCUT2D eigenvalue weighted by Gasteiger charge is -2.32. The zero-order valence-corrected chi connectivity index (χ0v) is 11.4. The molecule has 0 aromatic heterocycles. The second-order valence-electron chi connectivity index (χ2n) is 4.92. The van der Waals surface area contributed by atoms with Crippen molar-refractivity contribution in [2.24, 2.45) is 22.7 Å². The molecule has 0 aliphatic heterocycles. The number of nitrogens with zero attached hydrogens (tertiary/aromatic N) is 2. The Morgan fingerprint density at radius 3 is 2.05 bits per heavy atom. The lowest BCUT2D eigenvalue weighted by Crippen LogP contribution is -2.50. The highest BCUT2D eigenvalue weighted by Crippen LogP contribution is 2.22. The van der Waals surface area contributed by atoms with Crippen LogP contribution in [0.25, 0.3) is 0 Å². The molecule has 0 aliphatic carbocycles. The average molecular weight is 283 g/mol. The summed E-state index contributed by atoms with van der Waals surface area (Å²) in [7, 11) is 0. The fourth-order valence-corrected chi connectivity index (χ4v) is 1.70. The summed E-state index contributed by atoms with van der Waals surface area (Å²) in [5, 5.41) is 11.4. The van der Waals surface area contributed by atoms with Gasteiger partial charge < -0.3 is 15.8 Å². The van der Waals surface area contributed by atoms with Crippen LogP contribution in [0.5, 0.6) is 0 Å². The van der Waals surface area contributed by atoms with Gasteiger partial charge in [-0.15, -0.1) is 0 Å². The molecule has 0 bridgehead atoms. The van der Waals surface area contributed by atoms with E-state index in [-0.39, 0.29) is 11.8 Å². The predicted octanol–water partition coefficient (Wildman–Crippen LogP) is 1.80. The van der Waals surface area contributed by atoms with E-state index in [4.69, 9.17) is 10.9 Å². The first-order valence-electron chi connectivity index (χ1n) is 5.86. The molecule has 0 aliphatic rings. The molecule has 1 amide bonds. The maximum absolute atomic E-state index is 12.5. The number of hydrogen-bond acceptors (Lipinski definition) is 3. The van der Waals surface area contributed by atoms with Gasteiger partial charge in [-0.25, -0.2) is 0 Å². The highest BCUT2D eigenvalue weighted by molar-refractivity contribution is 6.02. The molecule has 0 fully saturated rings. The third-order valence-corrected chi connectivity index (χ3v) is 2.62. The van der Waals surface area contributed by atoms with E-state index in [2.05, 4.69) is 5.16 Å². The molecule has 1 unspecified atom stereocenters. The Bertz CT molecular complexity index is 341. The summed E-state index contributed by atoms with van der Waals surface area (Å²) in [5.74, 6) is -2.63. The van der Waals surface area contributed by atoms with Crippen molar-refractivity contribution in [3.8, 4) is 0 Å². The van der Waals surface area contributed by atoms with Crippen molar-refractivity contribution in [3.63, 3.8) is 0 Å². The van der Waals surface area contributed by atoms with Gasteiger partial charge >= 0.3 is 6.18 Å². The molecular weight excluding hydrogens is 263 g/mol. The zero-order chi connectivity index (χ0) is 15.4. The highest BCUT2D eigenvalue weighted by Gasteiger charge is 2.38. The van der Waals surface area contributed by atoms with Gasteiger partial charge in [0.05, 0.1) is 0 Å². The Morgan fingerprint density at radius 1 is 1.32 bits per heavy atom. The molecule has 112 valence electrons. The smallest absolute Gasteiger partial charge is 0.406 e. The van der Waals surface area contributed by atoms with Crippen LogP contribution in [0.1, 0.15) is 27.7 Å². The second kappa shape index (κ2) is 6.63. The van der Waals surface area contributed by atoms with Crippen molar-refractivity contribution in [2.45, 2.75) is 39.9 Å². The van der Waals surface area contributed by atoms with Gasteiger partial charge in [0.15, 0.2) is 5.84 Å². The molecular formula is C11H20F3N3O2. The van der Waals surface area contributed by atoms with E-state index in [1.807, 2.05) is 0 Å². The Balaban J connectivity index is 5.27. The summed E-state index contributed by atoms with van der Waals surface area (Å²) in [5.41, 5.74) is 5.39. The summed E-state index contributed by atoms with van der Waals surface area (Å²) in [6.45, 7) is 4.84. The van der Waals surface area contributed by atoms with E-state index in [0.29, 0.717) is 4.90 Å². The predicted molar refractivity (Wildman–Crippen MR) is 64.6 cm³/mol. The number of carbonyl (C=O) groups is 1. The monoisotopic (exact) mass is 283 g/mol. The standard InChI is InChI=1S/C11H20F3N3O2/c1-6(2)8(9(15)16-19)10(18)17(7(3)4)5-11(12,13)14/h6-8,19H,5H2,1-4H3,(H2,15,16). The molecule has 0 aromatic rings. The maximum Gasteiger partial charge on any atom is 0.406 e. The van der Waals surface area contributed by atoms with Gasteiger partial charge in [0.25, 0.3) is 0 Å². The van der Waals surface area contributed by atoms with Crippen LogP contribution >= 0.6 is 0 Å². The van der Waals surface area contributed by atoms with Crippen LogP contribution < -0.4 is 5.73 Å². The van der Waals surface area contributed by atoms with Gasteiger partial charge in [0.2, 0.25) is 5.91 Å². The molecule has 0 aromatic carbocycles. The topological polar surface area (TPSA) is 78.9 Å². The minimum atomic E-state index is -4.49. The zero-order valence-electron chi connectivity index (χ0n) is 11.4. The summed E-state index contributed by atoms with van der Waals surface area (Å²) in [6.07, 6.45) is -4.49. The van der Waals surface area contributed by atoms with E-state index in [1.165, 1.54) is 13.8 Å². The Kier molecular flexibility index (Phi) is 6.11. The Labute approximate surface area is 110 Å². The van der Waals surface area contributed by atoms with E-state index in [1.54, 1.807) is 13.8 Å². The summed E-state index contributed by atoms with van der Waals surface area (Å²) < 4.78 is 37.4. The van der Waals surface area contributed by atoms with Crippen LogP contribution in [-0.2, 0) is 4.79 Å². The largest absolute Gasteiger partial charge is 0.409 e. The fraction of sp³-hybridized carbons (Fsp3) is 0.818. The third kappa shape index (κ3) is 5.35. The van der Waals surface area contributed by atoms with E-state index >= 15 is 0 Å². The van der Waals surface area contributed by atoms with E-state index in [9.17, 15) is 18.0 Å². The van der Waals surface area contributed by atoms with Gasteiger partial charge in [-0.1, -0.05) is 19.0 Å². The van der Waals surface area contributed by atoms with Crippen molar-refractivity contribution >= 4 is 11.7 Å². The fourth-order valence-electron chi connectivity index (χ4n) is 1.70. The SMILES string of the molecule is CC(C)C(C(=O)N(CC(F)(F)F)C(C)C)C(N)=NO. The summed E-state index contributed by atoms with van der Waals surface area (Å²) >= 11 is 0. The molecule has 0 spiro atoms. The average Bonchev–Trinajstić information content (AvgIpc) is 2.23. The van der Waals surface area contributed by atoms with Gasteiger partial charge in [-0.05, 0) is 19.8 Å². The number of carbonyl (C=O) groups excluding carboxylic acids is 1. The third-order valence-electron chi connectivity index (χ3n) is 2.62. The molecule has 19 heavy (non-hydrogen) atoms. The van der Waals surface area contributed by atoms with Crippen molar-refractivity contribution < 1.29 is 23.2 Å². The molecule has 0 radical (unpaired) electrons. The summed E-state index contributed by atoms with van der Waals surface area (Å²) in [6, 6.07) is -0.637. The number of amides is 1. The van der Waals surface area contributed by atoms with Crippen molar-refractivity contribution in [3.05, 3.63) is 0 Å². The quantitative estimate of drug-likeness (QED) is 0.349. The van der Waals surface area contributed by atoms with Crippen molar-refractivity contribution in [2.75, 3.05) is 6.54 Å². The molecule has 0 heterocycles. The molecule has 8 heteroatoms. The minimum Gasteiger partial charge on any atom is -0.409 e. The number of hydrogen-bond donors (Lipinski definition) is 2. The Hall–Kier alpha value is -1.47. The second-order valence-corrected chi connectivity index (χ2v) is 4.92. The van der Waals surface area contributed by atoms with Crippen LogP contribution in [-0.4, -0.2) is 40.6 Å². The number of alkyl halides is 3. The molecule has 0 saturated carbocycles. The van der Waals surface area contributed by atoms with Gasteiger partial charge in [-0.2, -0.15) is 13.2 Å². The maximum atomic E-state index is 12.5. The van der Waals surface area contributed by atoms with Gasteiger partial charge in [0, 0.05) is 6.04 Å². The van der Waals surface area contributed by atoms with Crippen molar-refractivity contribution in [1.82, 2.24) is 4.90 Å². The first-order valence-corrected chi connectivity index (χ1v) is 5.86. The lowest BCUT2D eigenvalue weighted by molar-refractivity contribution is -0.166. The molecule has 5 nitrogen and oxygen atoms in total. The lowest BCUT2D eigenvalue weighted by atomic mass is 9.92. The molecule has 1 atom stereocenters. The number of halogens is 3. The highest BCUT2D eigenvalue weighted by atomic mass is 19.4. The van der Waals surface area contributed by atoms with Crippen LogP contribution in [0, 0.1) is 11.8 Å². The van der Waals surface area contributed by atoms with E-state index < -0.39 is 30.6 Å². The number of nitrogens with two attached hydrogens (primary N) is 1. The van der Waals surface area contributed by atoms with Crippen molar-refractivity contribution in [1.29, 1.82) is 0 Å². The first-order chi connectivity index (χ1) is 8.51. The van der Waals surface area contributed by atoms with Crippen LogP contribution in [0.15, 0.2) is 5.16 Å². The van der Waals surface area contributed by atoms with Gasteiger partial charge in [-0.3, -0.25) is 4.79 Å². The molecule has 0 saturated heterocycles. The van der Waals surface area contributed by atoms with Crippen LogP contribution in [0.3, 0.4) is 0 Å². The van der Waals surface area contributed by atoms with Gasteiger partial charge in [0.1, 0.15) is 12.5 Å². The molecule has 3 N–H and O–H groups in total. The summed E-state index contributed by atoms with van der Waals surface area (Å²) in [4.78, 5) is 12.8. The molecule has 0 rings (SSSR count). The number of oxime groups is 1. The van der Waals surface area contributed by atoms with Crippen LogP contribution in [0.4, 0.5) is 13.2 Å². The Morgan fingerprint density at radius 2 is 1.79 bits per heavy atom. The van der Waals surface area contributed by atoms with Crippen LogP contribution in [0.2, 0.25) is 0 Å². The first kappa shape index (κ1) is 17.5. The number of rotatable bonds is 5. The minimum absolute atomic E-state index is 0.377. The number of amidine groups is 1. The van der Waals surface area contributed by atoms with E-state index in [0.717, 1.165) is 0 Å².